The lowest BCUT2D eigenvalue weighted by atomic mass is 10.2. The number of amides is 1. The number of nitrogens with one attached hydrogen (secondary N) is 1. The van der Waals surface area contributed by atoms with Gasteiger partial charge in [0, 0.05) is 23.8 Å². The predicted octanol–water partition coefficient (Wildman–Crippen LogP) is 4.85. The molecule has 6 nitrogen and oxygen atoms in total. The summed E-state index contributed by atoms with van der Waals surface area (Å²) < 4.78 is 12.1. The number of fused-ring (bicyclic) bond motifs is 1. The molecule has 1 aliphatic rings. The van der Waals surface area contributed by atoms with Crippen molar-refractivity contribution in [1.82, 2.24) is 4.98 Å². The van der Waals surface area contributed by atoms with E-state index in [9.17, 15) is 4.79 Å². The Kier molecular flexibility index (Phi) is 6.10. The molecule has 4 rings (SSSR count). The first-order chi connectivity index (χ1) is 14.0. The number of carbonyl (C=O) groups is 1. The lowest BCUT2D eigenvalue weighted by molar-refractivity contribution is -0.122. The zero-order valence-electron chi connectivity index (χ0n) is 15.7. The van der Waals surface area contributed by atoms with Crippen LogP contribution in [0.1, 0.15) is 6.92 Å². The van der Waals surface area contributed by atoms with Crippen molar-refractivity contribution in [3.05, 3.63) is 46.4 Å². The van der Waals surface area contributed by atoms with Crippen molar-refractivity contribution >= 4 is 61.5 Å². The molecule has 2 heterocycles. The summed E-state index contributed by atoms with van der Waals surface area (Å²) in [5, 5.41) is 4.21. The molecule has 3 aromatic rings. The summed E-state index contributed by atoms with van der Waals surface area (Å²) in [7, 11) is 0. The van der Waals surface area contributed by atoms with Gasteiger partial charge in [0.05, 0.1) is 28.5 Å². The van der Waals surface area contributed by atoms with Gasteiger partial charge in [-0.25, -0.2) is 4.98 Å². The maximum atomic E-state index is 12.5. The monoisotopic (exact) mass is 451 g/mol. The molecule has 2 aromatic carbocycles. The SMILES string of the molecule is C[C@H](Oc1ccc(Cl)cc1Cl)C(=O)Nc1nc2ccc(N3CCOCC3)cc2s1. The quantitative estimate of drug-likeness (QED) is 0.600. The van der Waals surface area contributed by atoms with Gasteiger partial charge in [0.25, 0.3) is 5.91 Å². The Morgan fingerprint density at radius 2 is 2.03 bits per heavy atom. The second kappa shape index (κ2) is 8.75. The van der Waals surface area contributed by atoms with Crippen LogP contribution in [0.15, 0.2) is 36.4 Å². The van der Waals surface area contributed by atoms with Crippen molar-refractivity contribution in [1.29, 1.82) is 0 Å². The molecule has 29 heavy (non-hydrogen) atoms. The van der Waals surface area contributed by atoms with Crippen molar-refractivity contribution in [2.75, 3.05) is 36.5 Å². The first kappa shape index (κ1) is 20.2. The predicted molar refractivity (Wildman–Crippen MR) is 118 cm³/mol. The molecule has 1 aliphatic heterocycles. The molecular formula is C20H19Cl2N3O3S. The molecule has 152 valence electrons. The van der Waals surface area contributed by atoms with Gasteiger partial charge < -0.3 is 14.4 Å². The van der Waals surface area contributed by atoms with Gasteiger partial charge in [-0.1, -0.05) is 34.5 Å². The first-order valence-electron chi connectivity index (χ1n) is 9.15. The standard InChI is InChI=1S/C20H19Cl2N3O3S/c1-12(28-17-5-2-13(21)10-15(17)22)19(26)24-20-23-16-4-3-14(11-18(16)29-20)25-6-8-27-9-7-25/h2-5,10-12H,6-9H2,1H3,(H,23,24,26)/t12-/m0/s1. The first-order valence-corrected chi connectivity index (χ1v) is 10.7. The van der Waals surface area contributed by atoms with Gasteiger partial charge in [-0.05, 0) is 43.3 Å². The molecule has 1 aromatic heterocycles. The van der Waals surface area contributed by atoms with Crippen LogP contribution in [0, 0.1) is 0 Å². The highest BCUT2D eigenvalue weighted by atomic mass is 35.5. The number of anilines is 2. The zero-order valence-corrected chi connectivity index (χ0v) is 18.0. The van der Waals surface area contributed by atoms with Crippen LogP contribution in [-0.2, 0) is 9.53 Å². The number of ether oxygens (including phenoxy) is 2. The molecule has 1 saturated heterocycles. The molecule has 0 unspecified atom stereocenters. The van der Waals surface area contributed by atoms with Gasteiger partial charge in [0.1, 0.15) is 5.75 Å². The summed E-state index contributed by atoms with van der Waals surface area (Å²) in [6.45, 7) is 4.87. The minimum atomic E-state index is -0.746. The van der Waals surface area contributed by atoms with Gasteiger partial charge in [-0.15, -0.1) is 0 Å². The number of halogens is 2. The summed E-state index contributed by atoms with van der Waals surface area (Å²) in [4.78, 5) is 19.3. The normalized spacial score (nSPS) is 15.3. The van der Waals surface area contributed by atoms with E-state index in [0.29, 0.717) is 20.9 Å². The Hall–Kier alpha value is -2.06. The number of rotatable bonds is 5. The number of morpholine rings is 1. The van der Waals surface area contributed by atoms with Crippen LogP contribution in [0.2, 0.25) is 10.0 Å². The fourth-order valence-corrected chi connectivity index (χ4v) is 4.36. The molecule has 0 bridgehead atoms. The van der Waals surface area contributed by atoms with E-state index in [0.717, 1.165) is 42.2 Å². The second-order valence-electron chi connectivity index (χ2n) is 6.59. The summed E-state index contributed by atoms with van der Waals surface area (Å²) in [6, 6.07) is 11.0. The van der Waals surface area contributed by atoms with Crippen molar-refractivity contribution < 1.29 is 14.3 Å². The Morgan fingerprint density at radius 1 is 1.24 bits per heavy atom. The minimum Gasteiger partial charge on any atom is -0.479 e. The van der Waals surface area contributed by atoms with Gasteiger partial charge in [0.2, 0.25) is 0 Å². The maximum Gasteiger partial charge on any atom is 0.266 e. The van der Waals surface area contributed by atoms with Gasteiger partial charge in [0.15, 0.2) is 11.2 Å². The van der Waals surface area contributed by atoms with Crippen molar-refractivity contribution in [3.8, 4) is 5.75 Å². The molecule has 9 heteroatoms. The minimum absolute atomic E-state index is 0.302. The van der Waals surface area contributed by atoms with E-state index in [2.05, 4.69) is 21.3 Å². The summed E-state index contributed by atoms with van der Waals surface area (Å²) >= 11 is 13.4. The average molecular weight is 452 g/mol. The van der Waals surface area contributed by atoms with Gasteiger partial charge >= 0.3 is 0 Å². The average Bonchev–Trinajstić information content (AvgIpc) is 3.12. The fraction of sp³-hybridized carbons (Fsp3) is 0.300. The molecule has 1 N–H and O–H groups in total. The Morgan fingerprint density at radius 3 is 2.79 bits per heavy atom. The number of carbonyl (C=O) groups excluding carboxylic acids is 1. The van der Waals surface area contributed by atoms with Crippen molar-refractivity contribution in [3.63, 3.8) is 0 Å². The van der Waals surface area contributed by atoms with Crippen LogP contribution in [0.25, 0.3) is 10.2 Å². The van der Waals surface area contributed by atoms with Crippen LogP contribution in [-0.4, -0.2) is 43.3 Å². The number of hydrogen-bond acceptors (Lipinski definition) is 6. The van der Waals surface area contributed by atoms with Gasteiger partial charge in [-0.3, -0.25) is 10.1 Å². The highest BCUT2D eigenvalue weighted by Crippen LogP contribution is 2.31. The number of benzene rings is 2. The highest BCUT2D eigenvalue weighted by Gasteiger charge is 2.19. The largest absolute Gasteiger partial charge is 0.479 e. The van der Waals surface area contributed by atoms with E-state index in [1.54, 1.807) is 25.1 Å². The molecule has 0 radical (unpaired) electrons. The van der Waals surface area contributed by atoms with E-state index in [1.807, 2.05) is 12.1 Å². The van der Waals surface area contributed by atoms with Crippen LogP contribution in [0.3, 0.4) is 0 Å². The third kappa shape index (κ3) is 4.75. The second-order valence-corrected chi connectivity index (χ2v) is 8.47. The number of aromatic nitrogens is 1. The van der Waals surface area contributed by atoms with Crippen LogP contribution < -0.4 is 15.0 Å². The summed E-state index contributed by atoms with van der Waals surface area (Å²) in [5.74, 6) is 0.0987. The van der Waals surface area contributed by atoms with E-state index >= 15 is 0 Å². The zero-order chi connectivity index (χ0) is 20.4. The van der Waals surface area contributed by atoms with Gasteiger partial charge in [-0.2, -0.15) is 0 Å². The van der Waals surface area contributed by atoms with E-state index in [1.165, 1.54) is 11.3 Å². The number of nitrogens with zero attached hydrogens (tertiary/aromatic N) is 2. The number of thiazole rings is 1. The van der Waals surface area contributed by atoms with Crippen molar-refractivity contribution in [2.45, 2.75) is 13.0 Å². The lowest BCUT2D eigenvalue weighted by Crippen LogP contribution is -2.36. The van der Waals surface area contributed by atoms with Crippen LogP contribution >= 0.6 is 34.5 Å². The number of hydrogen-bond donors (Lipinski definition) is 1. The van der Waals surface area contributed by atoms with Crippen LogP contribution in [0.5, 0.6) is 5.75 Å². The van der Waals surface area contributed by atoms with E-state index in [-0.39, 0.29) is 5.91 Å². The third-order valence-electron chi connectivity index (χ3n) is 4.55. The lowest BCUT2D eigenvalue weighted by Gasteiger charge is -2.28. The van der Waals surface area contributed by atoms with E-state index in [4.69, 9.17) is 32.7 Å². The molecule has 1 fully saturated rings. The van der Waals surface area contributed by atoms with Crippen molar-refractivity contribution in [2.24, 2.45) is 0 Å². The smallest absolute Gasteiger partial charge is 0.266 e. The topological polar surface area (TPSA) is 63.7 Å². The Balaban J connectivity index is 1.44. The molecular weight excluding hydrogens is 433 g/mol. The highest BCUT2D eigenvalue weighted by molar-refractivity contribution is 7.22. The van der Waals surface area contributed by atoms with E-state index < -0.39 is 6.10 Å². The maximum absolute atomic E-state index is 12.5. The third-order valence-corrected chi connectivity index (χ3v) is 6.01. The molecule has 0 aliphatic carbocycles. The Bertz CT molecular complexity index is 1040. The summed E-state index contributed by atoms with van der Waals surface area (Å²) in [6.07, 6.45) is -0.746. The molecule has 1 amide bonds. The summed E-state index contributed by atoms with van der Waals surface area (Å²) in [5.41, 5.74) is 1.98. The Labute approximate surface area is 182 Å². The van der Waals surface area contributed by atoms with Crippen LogP contribution in [0.4, 0.5) is 10.8 Å². The molecule has 0 spiro atoms. The molecule has 0 saturated carbocycles. The fourth-order valence-electron chi connectivity index (χ4n) is 3.01. The molecule has 1 atom stereocenters.